The summed E-state index contributed by atoms with van der Waals surface area (Å²) in [5, 5.41) is 9.20. The van der Waals surface area contributed by atoms with Gasteiger partial charge in [-0.1, -0.05) is 30.3 Å². The molecule has 1 aromatic carbocycles. The molecule has 1 aliphatic heterocycles. The largest absolute Gasteiger partial charge is 0.465 e. The van der Waals surface area contributed by atoms with Gasteiger partial charge < -0.3 is 14.1 Å². The number of nitrogens with zero attached hydrogens (tertiary/aromatic N) is 2. The zero-order valence-corrected chi connectivity index (χ0v) is 14.7. The first-order valence-electron chi connectivity index (χ1n) is 8.81. The van der Waals surface area contributed by atoms with Crippen molar-refractivity contribution < 1.29 is 24.3 Å². The molecular weight excluding hydrogens is 352 g/mol. The molecule has 27 heavy (non-hydrogen) atoms. The molecule has 0 amide bonds. The SMILES string of the molecule is O=C(c1ccccc1)c1ccc2n1CCC2C(=O)OCCCCO[N+](=O)[O-]. The first kappa shape index (κ1) is 18.6. The molecule has 3 rings (SSSR count). The van der Waals surface area contributed by atoms with E-state index in [4.69, 9.17) is 4.74 Å². The number of aromatic nitrogens is 1. The van der Waals surface area contributed by atoms with Crippen LogP contribution in [0.5, 0.6) is 0 Å². The molecule has 0 radical (unpaired) electrons. The van der Waals surface area contributed by atoms with E-state index in [-0.39, 0.29) is 25.0 Å². The smallest absolute Gasteiger partial charge is 0.315 e. The molecule has 2 heterocycles. The number of fused-ring (bicyclic) bond motifs is 1. The standard InChI is InChI=1S/C19H20N2O6/c22-18(14-6-2-1-3-7-14)17-9-8-16-15(10-11-20(16)17)19(23)26-12-4-5-13-27-21(24)25/h1-3,6-9,15H,4-5,10-13H2. The minimum atomic E-state index is -0.840. The molecule has 1 aliphatic rings. The van der Waals surface area contributed by atoms with Crippen molar-refractivity contribution in [1.29, 1.82) is 0 Å². The molecule has 2 aromatic rings. The molecule has 0 saturated heterocycles. The van der Waals surface area contributed by atoms with Gasteiger partial charge >= 0.3 is 5.97 Å². The average Bonchev–Trinajstić information content (AvgIpc) is 3.26. The van der Waals surface area contributed by atoms with Gasteiger partial charge in [-0.2, -0.15) is 0 Å². The highest BCUT2D eigenvalue weighted by molar-refractivity contribution is 6.08. The van der Waals surface area contributed by atoms with Gasteiger partial charge in [0.15, 0.2) is 0 Å². The Balaban J connectivity index is 1.56. The number of ether oxygens (including phenoxy) is 1. The van der Waals surface area contributed by atoms with E-state index in [2.05, 4.69) is 4.84 Å². The van der Waals surface area contributed by atoms with Crippen molar-refractivity contribution >= 4 is 11.8 Å². The highest BCUT2D eigenvalue weighted by Gasteiger charge is 2.32. The van der Waals surface area contributed by atoms with Crippen molar-refractivity contribution in [2.75, 3.05) is 13.2 Å². The van der Waals surface area contributed by atoms with E-state index in [0.717, 1.165) is 5.69 Å². The fourth-order valence-electron chi connectivity index (χ4n) is 3.23. The summed E-state index contributed by atoms with van der Waals surface area (Å²) in [6.07, 6.45) is 1.52. The number of carbonyl (C=O) groups is 2. The zero-order valence-electron chi connectivity index (χ0n) is 14.7. The van der Waals surface area contributed by atoms with E-state index < -0.39 is 11.0 Å². The van der Waals surface area contributed by atoms with Crippen molar-refractivity contribution in [2.24, 2.45) is 0 Å². The van der Waals surface area contributed by atoms with Crippen molar-refractivity contribution in [1.82, 2.24) is 4.57 Å². The second-order valence-electron chi connectivity index (χ2n) is 6.26. The fourth-order valence-corrected chi connectivity index (χ4v) is 3.23. The Hall–Kier alpha value is -3.16. The van der Waals surface area contributed by atoms with Crippen molar-refractivity contribution in [3.63, 3.8) is 0 Å². The Morgan fingerprint density at radius 3 is 2.59 bits per heavy atom. The summed E-state index contributed by atoms with van der Waals surface area (Å²) in [6, 6.07) is 12.6. The number of benzene rings is 1. The van der Waals surface area contributed by atoms with Crippen LogP contribution in [-0.4, -0.2) is 34.6 Å². The van der Waals surface area contributed by atoms with E-state index >= 15 is 0 Å². The summed E-state index contributed by atoms with van der Waals surface area (Å²) >= 11 is 0. The predicted molar refractivity (Wildman–Crippen MR) is 94.8 cm³/mol. The highest BCUT2D eigenvalue weighted by Crippen LogP contribution is 2.32. The molecule has 0 fully saturated rings. The minimum Gasteiger partial charge on any atom is -0.465 e. The molecule has 0 spiro atoms. The first-order chi connectivity index (χ1) is 13.1. The summed E-state index contributed by atoms with van der Waals surface area (Å²) < 4.78 is 7.16. The van der Waals surface area contributed by atoms with Gasteiger partial charge in [-0.3, -0.25) is 9.59 Å². The van der Waals surface area contributed by atoms with Gasteiger partial charge in [0, 0.05) is 17.8 Å². The topological polar surface area (TPSA) is 101 Å². The summed E-state index contributed by atoms with van der Waals surface area (Å²) in [4.78, 5) is 39.3. The molecule has 1 unspecified atom stereocenters. The number of rotatable bonds is 9. The maximum atomic E-state index is 12.7. The second kappa shape index (κ2) is 8.48. The zero-order chi connectivity index (χ0) is 19.2. The molecule has 0 bridgehead atoms. The van der Waals surface area contributed by atoms with Crippen molar-refractivity contribution in [3.8, 4) is 0 Å². The van der Waals surface area contributed by atoms with Gasteiger partial charge in [0.1, 0.15) is 0 Å². The number of hydrogen-bond donors (Lipinski definition) is 0. The van der Waals surface area contributed by atoms with E-state index in [1.807, 2.05) is 22.8 Å². The van der Waals surface area contributed by atoms with Crippen molar-refractivity contribution in [3.05, 3.63) is 69.5 Å². The maximum Gasteiger partial charge on any atom is 0.315 e. The van der Waals surface area contributed by atoms with Crippen LogP contribution in [0.1, 0.15) is 46.9 Å². The van der Waals surface area contributed by atoms with E-state index in [0.29, 0.717) is 37.1 Å². The van der Waals surface area contributed by atoms with Crippen LogP contribution in [0.25, 0.3) is 0 Å². The van der Waals surface area contributed by atoms with Crippen LogP contribution in [0.2, 0.25) is 0 Å². The van der Waals surface area contributed by atoms with Gasteiger partial charge in [0.25, 0.3) is 5.09 Å². The van der Waals surface area contributed by atoms with E-state index in [9.17, 15) is 19.7 Å². The highest BCUT2D eigenvalue weighted by atomic mass is 16.9. The molecule has 0 saturated carbocycles. The number of ketones is 1. The Morgan fingerprint density at radius 1 is 1.11 bits per heavy atom. The third-order valence-corrected chi connectivity index (χ3v) is 4.55. The third-order valence-electron chi connectivity index (χ3n) is 4.55. The van der Waals surface area contributed by atoms with Crippen LogP contribution in [0.4, 0.5) is 0 Å². The van der Waals surface area contributed by atoms with E-state index in [1.54, 1.807) is 24.3 Å². The Morgan fingerprint density at radius 2 is 1.85 bits per heavy atom. The van der Waals surface area contributed by atoms with Crippen LogP contribution in [-0.2, 0) is 20.9 Å². The number of hydrogen-bond acceptors (Lipinski definition) is 6. The minimum absolute atomic E-state index is 0.0121. The third kappa shape index (κ3) is 4.33. The van der Waals surface area contributed by atoms with Crippen LogP contribution in [0.15, 0.2) is 42.5 Å². The Labute approximate surface area is 155 Å². The molecule has 1 aromatic heterocycles. The quantitative estimate of drug-likeness (QED) is 0.221. The molecule has 1 atom stereocenters. The van der Waals surface area contributed by atoms with Gasteiger partial charge in [-0.25, -0.2) is 0 Å². The summed E-state index contributed by atoms with van der Waals surface area (Å²) in [7, 11) is 0. The van der Waals surface area contributed by atoms with Gasteiger partial charge in [0.05, 0.1) is 24.8 Å². The van der Waals surface area contributed by atoms with E-state index in [1.165, 1.54) is 0 Å². The molecule has 0 N–H and O–H groups in total. The lowest BCUT2D eigenvalue weighted by Crippen LogP contribution is -2.15. The van der Waals surface area contributed by atoms with Crippen LogP contribution in [0, 0.1) is 10.1 Å². The predicted octanol–water partition coefficient (Wildman–Crippen LogP) is 2.74. The summed E-state index contributed by atoms with van der Waals surface area (Å²) in [6.45, 7) is 0.765. The van der Waals surface area contributed by atoms with Crippen LogP contribution in [0.3, 0.4) is 0 Å². The van der Waals surface area contributed by atoms with Gasteiger partial charge in [0.2, 0.25) is 5.78 Å². The fraction of sp³-hybridized carbons (Fsp3) is 0.368. The number of unbranched alkanes of at least 4 members (excludes halogenated alkanes) is 1. The second-order valence-corrected chi connectivity index (χ2v) is 6.26. The molecule has 0 aliphatic carbocycles. The Kier molecular flexibility index (Phi) is 5.85. The lowest BCUT2D eigenvalue weighted by Gasteiger charge is -2.10. The van der Waals surface area contributed by atoms with Gasteiger partial charge in [-0.05, 0) is 31.4 Å². The number of esters is 1. The lowest BCUT2D eigenvalue weighted by atomic mass is 10.1. The van der Waals surface area contributed by atoms with Crippen LogP contribution >= 0.6 is 0 Å². The summed E-state index contributed by atoms with van der Waals surface area (Å²) in [5.41, 5.74) is 1.97. The maximum absolute atomic E-state index is 12.7. The van der Waals surface area contributed by atoms with Crippen LogP contribution < -0.4 is 0 Å². The Bertz CT molecular complexity index is 830. The van der Waals surface area contributed by atoms with Gasteiger partial charge in [-0.15, -0.1) is 10.1 Å². The molecule has 8 heteroatoms. The average molecular weight is 372 g/mol. The monoisotopic (exact) mass is 372 g/mol. The summed E-state index contributed by atoms with van der Waals surface area (Å²) in [5.74, 6) is -0.792. The molecule has 8 nitrogen and oxygen atoms in total. The number of carbonyl (C=O) groups excluding carboxylic acids is 2. The molecular formula is C19H20N2O6. The first-order valence-corrected chi connectivity index (χ1v) is 8.81. The molecule has 142 valence electrons. The normalized spacial score (nSPS) is 15.2. The van der Waals surface area contributed by atoms with Crippen molar-refractivity contribution in [2.45, 2.75) is 31.7 Å². The lowest BCUT2D eigenvalue weighted by molar-refractivity contribution is -0.757.